The van der Waals surface area contributed by atoms with E-state index in [1.165, 1.54) is 10.9 Å². The summed E-state index contributed by atoms with van der Waals surface area (Å²) in [5.74, 6) is 0.840. The number of aromatic nitrogens is 3. The summed E-state index contributed by atoms with van der Waals surface area (Å²) in [6, 6.07) is 11.0. The molecule has 0 atom stereocenters. The third kappa shape index (κ3) is 3.83. The predicted molar refractivity (Wildman–Crippen MR) is 101 cm³/mol. The van der Waals surface area contributed by atoms with Crippen molar-refractivity contribution in [2.24, 2.45) is 5.10 Å². The summed E-state index contributed by atoms with van der Waals surface area (Å²) in [7, 11) is 3.11. The van der Waals surface area contributed by atoms with Crippen molar-refractivity contribution < 1.29 is 14.3 Å². The zero-order chi connectivity index (χ0) is 18.5. The fourth-order valence-electron chi connectivity index (χ4n) is 2.40. The van der Waals surface area contributed by atoms with Gasteiger partial charge in [-0.05, 0) is 45.8 Å². The first kappa shape index (κ1) is 17.9. The van der Waals surface area contributed by atoms with Gasteiger partial charge < -0.3 is 9.47 Å². The molecule has 8 nitrogen and oxygen atoms in total. The van der Waals surface area contributed by atoms with Crippen molar-refractivity contribution in [1.82, 2.24) is 20.4 Å². The summed E-state index contributed by atoms with van der Waals surface area (Å²) < 4.78 is 12.8. The second-order valence-corrected chi connectivity index (χ2v) is 6.12. The molecule has 0 spiro atoms. The van der Waals surface area contributed by atoms with Gasteiger partial charge in [0.1, 0.15) is 12.1 Å². The first-order valence-electron chi connectivity index (χ1n) is 7.64. The molecule has 1 N–H and O–H groups in total. The van der Waals surface area contributed by atoms with E-state index in [-0.39, 0.29) is 12.5 Å². The third-order valence-corrected chi connectivity index (χ3v) is 4.16. The minimum atomic E-state index is -0.309. The number of ether oxygens (including phenoxy) is 2. The Morgan fingerprint density at radius 1 is 1.31 bits per heavy atom. The molecule has 2 aromatic carbocycles. The second kappa shape index (κ2) is 7.96. The summed E-state index contributed by atoms with van der Waals surface area (Å²) in [6.45, 7) is 0.0213. The SMILES string of the molecule is COc1cc(/C=N\NC(=O)Cn2nnc3ccccc32)cc(Br)c1OC. The highest BCUT2D eigenvalue weighted by Crippen LogP contribution is 2.35. The number of amides is 1. The Bertz CT molecular complexity index is 970. The Balaban J connectivity index is 1.67. The van der Waals surface area contributed by atoms with Gasteiger partial charge in [-0.3, -0.25) is 4.79 Å². The molecule has 0 bridgehead atoms. The number of hydrogen-bond acceptors (Lipinski definition) is 6. The molecule has 9 heteroatoms. The zero-order valence-corrected chi connectivity index (χ0v) is 15.7. The molecule has 3 aromatic rings. The highest BCUT2D eigenvalue weighted by molar-refractivity contribution is 9.10. The van der Waals surface area contributed by atoms with Crippen molar-refractivity contribution in [2.45, 2.75) is 6.54 Å². The Labute approximate surface area is 157 Å². The van der Waals surface area contributed by atoms with E-state index in [1.807, 2.05) is 30.3 Å². The van der Waals surface area contributed by atoms with E-state index >= 15 is 0 Å². The van der Waals surface area contributed by atoms with Gasteiger partial charge in [0.2, 0.25) is 0 Å². The molecule has 26 heavy (non-hydrogen) atoms. The van der Waals surface area contributed by atoms with Crippen molar-refractivity contribution in [3.8, 4) is 11.5 Å². The maximum absolute atomic E-state index is 12.1. The van der Waals surface area contributed by atoms with Crippen LogP contribution in [0.4, 0.5) is 0 Å². The van der Waals surface area contributed by atoms with Crippen LogP contribution in [-0.4, -0.2) is 41.3 Å². The van der Waals surface area contributed by atoms with E-state index in [0.717, 1.165) is 21.1 Å². The zero-order valence-electron chi connectivity index (χ0n) is 14.1. The maximum atomic E-state index is 12.1. The van der Waals surface area contributed by atoms with Crippen LogP contribution in [0, 0.1) is 0 Å². The van der Waals surface area contributed by atoms with Gasteiger partial charge in [0, 0.05) is 0 Å². The van der Waals surface area contributed by atoms with E-state index < -0.39 is 0 Å². The molecule has 0 aliphatic rings. The first-order chi connectivity index (χ1) is 12.6. The average molecular weight is 418 g/mol. The van der Waals surface area contributed by atoms with Gasteiger partial charge in [0.05, 0.1) is 30.4 Å². The highest BCUT2D eigenvalue weighted by Gasteiger charge is 2.10. The number of hydrazone groups is 1. The van der Waals surface area contributed by atoms with Crippen molar-refractivity contribution in [1.29, 1.82) is 0 Å². The Kier molecular flexibility index (Phi) is 5.47. The molecular formula is C17H16BrN5O3. The fourth-order valence-corrected chi connectivity index (χ4v) is 3.02. The smallest absolute Gasteiger partial charge is 0.261 e. The molecule has 0 saturated carbocycles. The third-order valence-electron chi connectivity index (χ3n) is 3.57. The standard InChI is InChI=1S/C17H16BrN5O3/c1-25-15-8-11(7-12(18)17(15)26-2)9-19-21-16(24)10-23-14-6-4-3-5-13(14)20-22-23/h3-9H,10H2,1-2H3,(H,21,24)/b19-9-. The number of carbonyl (C=O) groups excluding carboxylic acids is 1. The van der Waals surface area contributed by atoms with Gasteiger partial charge in [0.25, 0.3) is 5.91 Å². The van der Waals surface area contributed by atoms with Crippen LogP contribution in [0.5, 0.6) is 11.5 Å². The van der Waals surface area contributed by atoms with Crippen LogP contribution in [-0.2, 0) is 11.3 Å². The van der Waals surface area contributed by atoms with Gasteiger partial charge in [-0.25, -0.2) is 10.1 Å². The summed E-state index contributed by atoms with van der Waals surface area (Å²) in [5, 5.41) is 12.0. The average Bonchev–Trinajstić information content (AvgIpc) is 3.04. The molecule has 0 fully saturated rings. The van der Waals surface area contributed by atoms with Crippen LogP contribution in [0.1, 0.15) is 5.56 Å². The number of fused-ring (bicyclic) bond motifs is 1. The molecule has 1 aromatic heterocycles. The molecule has 0 radical (unpaired) electrons. The number of nitrogens with zero attached hydrogens (tertiary/aromatic N) is 4. The van der Waals surface area contributed by atoms with E-state index in [0.29, 0.717) is 11.5 Å². The van der Waals surface area contributed by atoms with Crippen molar-refractivity contribution in [2.75, 3.05) is 14.2 Å². The predicted octanol–water partition coefficient (Wildman–Crippen LogP) is 2.36. The number of methoxy groups -OCH3 is 2. The molecule has 1 heterocycles. The summed E-state index contributed by atoms with van der Waals surface area (Å²) in [5.41, 5.74) is 4.73. The first-order valence-corrected chi connectivity index (χ1v) is 8.43. The number of hydrogen-bond donors (Lipinski definition) is 1. The summed E-state index contributed by atoms with van der Waals surface area (Å²) in [6.07, 6.45) is 1.52. The minimum absolute atomic E-state index is 0.0213. The lowest BCUT2D eigenvalue weighted by molar-refractivity contribution is -0.121. The van der Waals surface area contributed by atoms with Crippen LogP contribution < -0.4 is 14.9 Å². The number of halogens is 1. The fraction of sp³-hybridized carbons (Fsp3) is 0.176. The van der Waals surface area contributed by atoms with Crippen LogP contribution in [0.25, 0.3) is 11.0 Å². The number of carbonyl (C=O) groups is 1. The molecule has 0 aliphatic heterocycles. The van der Waals surface area contributed by atoms with Gasteiger partial charge >= 0.3 is 0 Å². The van der Waals surface area contributed by atoms with E-state index in [4.69, 9.17) is 9.47 Å². The molecule has 3 rings (SSSR count). The number of nitrogens with one attached hydrogen (secondary N) is 1. The number of benzene rings is 2. The molecule has 0 unspecified atom stereocenters. The van der Waals surface area contributed by atoms with Crippen LogP contribution in [0.3, 0.4) is 0 Å². The lowest BCUT2D eigenvalue weighted by atomic mass is 10.2. The maximum Gasteiger partial charge on any atom is 0.261 e. The topological polar surface area (TPSA) is 90.6 Å². The van der Waals surface area contributed by atoms with Crippen LogP contribution in [0.15, 0.2) is 46.0 Å². The molecular weight excluding hydrogens is 402 g/mol. The monoisotopic (exact) mass is 417 g/mol. The minimum Gasteiger partial charge on any atom is -0.493 e. The van der Waals surface area contributed by atoms with Gasteiger partial charge in [-0.15, -0.1) is 5.10 Å². The van der Waals surface area contributed by atoms with E-state index in [1.54, 1.807) is 20.3 Å². The van der Waals surface area contributed by atoms with Crippen molar-refractivity contribution in [3.05, 3.63) is 46.4 Å². The molecule has 1 amide bonds. The molecule has 0 saturated heterocycles. The van der Waals surface area contributed by atoms with Crippen molar-refractivity contribution >= 4 is 39.1 Å². The lowest BCUT2D eigenvalue weighted by Gasteiger charge is -2.10. The Hall–Kier alpha value is -2.94. The molecule has 134 valence electrons. The van der Waals surface area contributed by atoms with Gasteiger partial charge in [0.15, 0.2) is 11.5 Å². The summed E-state index contributed by atoms with van der Waals surface area (Å²) >= 11 is 3.41. The number of rotatable bonds is 6. The van der Waals surface area contributed by atoms with Crippen LogP contribution in [0.2, 0.25) is 0 Å². The number of para-hydroxylation sites is 1. The normalized spacial score (nSPS) is 11.0. The molecule has 0 aliphatic carbocycles. The largest absolute Gasteiger partial charge is 0.493 e. The van der Waals surface area contributed by atoms with E-state index in [9.17, 15) is 4.79 Å². The van der Waals surface area contributed by atoms with Crippen LogP contribution >= 0.6 is 15.9 Å². The second-order valence-electron chi connectivity index (χ2n) is 5.27. The van der Waals surface area contributed by atoms with Crippen molar-refractivity contribution in [3.63, 3.8) is 0 Å². The summed E-state index contributed by atoms with van der Waals surface area (Å²) in [4.78, 5) is 12.1. The lowest BCUT2D eigenvalue weighted by Crippen LogP contribution is -2.23. The quantitative estimate of drug-likeness (QED) is 0.490. The Morgan fingerprint density at radius 2 is 2.12 bits per heavy atom. The highest BCUT2D eigenvalue weighted by atomic mass is 79.9. The van der Waals surface area contributed by atoms with Gasteiger partial charge in [-0.2, -0.15) is 5.10 Å². The van der Waals surface area contributed by atoms with Gasteiger partial charge in [-0.1, -0.05) is 17.3 Å². The Morgan fingerprint density at radius 3 is 2.88 bits per heavy atom. The van der Waals surface area contributed by atoms with E-state index in [2.05, 4.69) is 36.8 Å².